The van der Waals surface area contributed by atoms with Crippen molar-refractivity contribution >= 4 is 22.5 Å². The van der Waals surface area contributed by atoms with Crippen LogP contribution in [0.1, 0.15) is 6.92 Å². The maximum atomic E-state index is 11.4. The Kier molecular flexibility index (Phi) is 2.79. The van der Waals surface area contributed by atoms with E-state index in [9.17, 15) is 4.79 Å². The van der Waals surface area contributed by atoms with Gasteiger partial charge in [0, 0.05) is 35.2 Å². The Balaban J connectivity index is 1.83. The maximum absolute atomic E-state index is 11.4. The number of carbonyl (C=O) groups is 1. The van der Waals surface area contributed by atoms with Crippen molar-refractivity contribution in [2.45, 2.75) is 6.92 Å². The Bertz CT molecular complexity index is 842. The standard InChI is InChI=1S/C17H14N2O3/c1-10(20)18-13-5-3-2-4-12(13)15-6-11-7-16-17(22-9-21-16)8-14(11)19-15/h2-8,19H,9H2,1H3,(H,18,20). The third-order valence-corrected chi connectivity index (χ3v) is 3.64. The van der Waals surface area contributed by atoms with E-state index in [1.807, 2.05) is 42.5 Å². The van der Waals surface area contributed by atoms with Gasteiger partial charge in [0.2, 0.25) is 12.7 Å². The number of carbonyl (C=O) groups excluding carboxylic acids is 1. The molecule has 2 heterocycles. The molecule has 1 aromatic heterocycles. The van der Waals surface area contributed by atoms with E-state index in [-0.39, 0.29) is 12.7 Å². The number of hydrogen-bond acceptors (Lipinski definition) is 3. The number of rotatable bonds is 2. The van der Waals surface area contributed by atoms with E-state index in [1.165, 1.54) is 6.92 Å². The smallest absolute Gasteiger partial charge is 0.231 e. The van der Waals surface area contributed by atoms with Crippen molar-refractivity contribution in [3.63, 3.8) is 0 Å². The summed E-state index contributed by atoms with van der Waals surface area (Å²) in [7, 11) is 0. The number of aromatic nitrogens is 1. The highest BCUT2D eigenvalue weighted by atomic mass is 16.7. The van der Waals surface area contributed by atoms with Crippen LogP contribution >= 0.6 is 0 Å². The molecule has 4 rings (SSSR count). The molecule has 1 aliphatic rings. The minimum atomic E-state index is -0.0932. The minimum absolute atomic E-state index is 0.0932. The molecular formula is C17H14N2O3. The van der Waals surface area contributed by atoms with Gasteiger partial charge in [0.25, 0.3) is 0 Å². The van der Waals surface area contributed by atoms with Crippen molar-refractivity contribution in [3.8, 4) is 22.8 Å². The van der Waals surface area contributed by atoms with E-state index < -0.39 is 0 Å². The number of benzene rings is 2. The molecule has 22 heavy (non-hydrogen) atoms. The fraction of sp³-hybridized carbons (Fsp3) is 0.118. The summed E-state index contributed by atoms with van der Waals surface area (Å²) in [5.74, 6) is 1.41. The van der Waals surface area contributed by atoms with Crippen molar-refractivity contribution in [2.75, 3.05) is 12.1 Å². The normalized spacial score (nSPS) is 12.6. The summed E-state index contributed by atoms with van der Waals surface area (Å²) < 4.78 is 10.8. The van der Waals surface area contributed by atoms with Crippen LogP contribution in [0.25, 0.3) is 22.2 Å². The zero-order valence-corrected chi connectivity index (χ0v) is 12.0. The van der Waals surface area contributed by atoms with Crippen LogP contribution in [-0.2, 0) is 4.79 Å². The molecule has 0 saturated heterocycles. The second-order valence-electron chi connectivity index (χ2n) is 5.20. The van der Waals surface area contributed by atoms with Gasteiger partial charge in [-0.15, -0.1) is 0 Å². The summed E-state index contributed by atoms with van der Waals surface area (Å²) in [6.45, 7) is 1.77. The van der Waals surface area contributed by atoms with Crippen LogP contribution in [0.15, 0.2) is 42.5 Å². The average molecular weight is 294 g/mol. The lowest BCUT2D eigenvalue weighted by Crippen LogP contribution is -2.06. The molecule has 2 aromatic carbocycles. The lowest BCUT2D eigenvalue weighted by atomic mass is 10.1. The van der Waals surface area contributed by atoms with Gasteiger partial charge in [-0.3, -0.25) is 4.79 Å². The Labute approximate surface area is 126 Å². The molecule has 0 spiro atoms. The molecule has 0 saturated carbocycles. The number of aromatic amines is 1. The van der Waals surface area contributed by atoms with E-state index in [4.69, 9.17) is 9.47 Å². The number of hydrogen-bond donors (Lipinski definition) is 2. The van der Waals surface area contributed by atoms with Crippen LogP contribution in [0.5, 0.6) is 11.5 Å². The molecule has 0 aliphatic carbocycles. The fourth-order valence-electron chi connectivity index (χ4n) is 2.68. The molecule has 3 aromatic rings. The molecule has 1 amide bonds. The van der Waals surface area contributed by atoms with Crippen molar-refractivity contribution in [1.82, 2.24) is 4.98 Å². The highest BCUT2D eigenvalue weighted by Crippen LogP contribution is 2.38. The summed E-state index contributed by atoms with van der Waals surface area (Å²) in [6, 6.07) is 13.6. The number of nitrogens with one attached hydrogen (secondary N) is 2. The van der Waals surface area contributed by atoms with Gasteiger partial charge in [0.05, 0.1) is 5.69 Å². The van der Waals surface area contributed by atoms with E-state index in [1.54, 1.807) is 0 Å². The first-order valence-corrected chi connectivity index (χ1v) is 7.00. The Morgan fingerprint density at radius 3 is 2.73 bits per heavy atom. The van der Waals surface area contributed by atoms with Crippen LogP contribution in [0.2, 0.25) is 0 Å². The first-order chi connectivity index (χ1) is 10.7. The number of amides is 1. The second kappa shape index (κ2) is 4.80. The van der Waals surface area contributed by atoms with Gasteiger partial charge in [-0.25, -0.2) is 0 Å². The molecule has 0 atom stereocenters. The van der Waals surface area contributed by atoms with Crippen molar-refractivity contribution < 1.29 is 14.3 Å². The molecular weight excluding hydrogens is 280 g/mol. The largest absolute Gasteiger partial charge is 0.454 e. The van der Waals surface area contributed by atoms with Gasteiger partial charge < -0.3 is 19.8 Å². The van der Waals surface area contributed by atoms with Crippen LogP contribution in [0.4, 0.5) is 5.69 Å². The molecule has 1 aliphatic heterocycles. The number of fused-ring (bicyclic) bond motifs is 2. The zero-order chi connectivity index (χ0) is 15.1. The second-order valence-corrected chi connectivity index (χ2v) is 5.20. The SMILES string of the molecule is CC(=O)Nc1ccccc1-c1cc2cc3c(cc2[nH]1)OCO3. The average Bonchev–Trinajstić information content (AvgIpc) is 3.09. The monoisotopic (exact) mass is 294 g/mol. The first kappa shape index (κ1) is 12.8. The third-order valence-electron chi connectivity index (χ3n) is 3.64. The number of para-hydroxylation sites is 1. The molecule has 0 bridgehead atoms. The van der Waals surface area contributed by atoms with Gasteiger partial charge in [-0.05, 0) is 18.2 Å². The Morgan fingerprint density at radius 2 is 1.91 bits per heavy atom. The molecule has 2 N–H and O–H groups in total. The summed E-state index contributed by atoms with van der Waals surface area (Å²) in [6.07, 6.45) is 0. The predicted octanol–water partition coefficient (Wildman–Crippen LogP) is 3.52. The zero-order valence-electron chi connectivity index (χ0n) is 12.0. The molecule has 0 unspecified atom stereocenters. The van der Waals surface area contributed by atoms with Crippen molar-refractivity contribution in [2.24, 2.45) is 0 Å². The van der Waals surface area contributed by atoms with Crippen LogP contribution in [-0.4, -0.2) is 17.7 Å². The first-order valence-electron chi connectivity index (χ1n) is 7.00. The molecule has 110 valence electrons. The van der Waals surface area contributed by atoms with Crippen LogP contribution in [0.3, 0.4) is 0 Å². The molecule has 0 radical (unpaired) electrons. The van der Waals surface area contributed by atoms with Crippen LogP contribution in [0, 0.1) is 0 Å². The summed E-state index contributed by atoms with van der Waals surface area (Å²) >= 11 is 0. The highest BCUT2D eigenvalue weighted by molar-refractivity contribution is 5.96. The van der Waals surface area contributed by atoms with E-state index in [0.717, 1.165) is 39.3 Å². The maximum Gasteiger partial charge on any atom is 0.231 e. The Hall–Kier alpha value is -2.95. The topological polar surface area (TPSA) is 63.4 Å². The van der Waals surface area contributed by atoms with E-state index in [0.29, 0.717) is 0 Å². The van der Waals surface area contributed by atoms with Crippen LogP contribution < -0.4 is 14.8 Å². The lowest BCUT2D eigenvalue weighted by Gasteiger charge is -2.07. The van der Waals surface area contributed by atoms with E-state index in [2.05, 4.69) is 10.3 Å². The van der Waals surface area contributed by atoms with Gasteiger partial charge in [-0.1, -0.05) is 18.2 Å². The van der Waals surface area contributed by atoms with Gasteiger partial charge in [0.15, 0.2) is 11.5 Å². The third kappa shape index (κ3) is 2.07. The van der Waals surface area contributed by atoms with Gasteiger partial charge in [-0.2, -0.15) is 0 Å². The summed E-state index contributed by atoms with van der Waals surface area (Å²) in [4.78, 5) is 14.7. The molecule has 5 nitrogen and oxygen atoms in total. The predicted molar refractivity (Wildman–Crippen MR) is 84.2 cm³/mol. The molecule has 5 heteroatoms. The van der Waals surface area contributed by atoms with Gasteiger partial charge in [0.1, 0.15) is 0 Å². The van der Waals surface area contributed by atoms with E-state index >= 15 is 0 Å². The minimum Gasteiger partial charge on any atom is -0.454 e. The lowest BCUT2D eigenvalue weighted by molar-refractivity contribution is -0.114. The summed E-state index contributed by atoms with van der Waals surface area (Å²) in [5, 5.41) is 3.89. The number of anilines is 1. The summed E-state index contributed by atoms with van der Waals surface area (Å²) in [5.41, 5.74) is 3.62. The quantitative estimate of drug-likeness (QED) is 0.760. The molecule has 0 fully saturated rings. The highest BCUT2D eigenvalue weighted by Gasteiger charge is 2.16. The Morgan fingerprint density at radius 1 is 1.14 bits per heavy atom. The van der Waals surface area contributed by atoms with Crippen molar-refractivity contribution in [1.29, 1.82) is 0 Å². The van der Waals surface area contributed by atoms with Gasteiger partial charge >= 0.3 is 0 Å². The number of ether oxygens (including phenoxy) is 2. The van der Waals surface area contributed by atoms with Crippen molar-refractivity contribution in [3.05, 3.63) is 42.5 Å². The fourth-order valence-corrected chi connectivity index (χ4v) is 2.68. The number of H-pyrrole nitrogens is 1.